The number of hydrogen-bond acceptors (Lipinski definition) is 4. The fourth-order valence-corrected chi connectivity index (χ4v) is 2.90. The van der Waals surface area contributed by atoms with Crippen LogP contribution in [0.3, 0.4) is 0 Å². The van der Waals surface area contributed by atoms with E-state index in [0.29, 0.717) is 19.7 Å². The summed E-state index contributed by atoms with van der Waals surface area (Å²) >= 11 is 0. The molecule has 2 aliphatic heterocycles. The van der Waals surface area contributed by atoms with Crippen molar-refractivity contribution in [1.82, 2.24) is 14.9 Å². The van der Waals surface area contributed by atoms with Crippen molar-refractivity contribution in [2.45, 2.75) is 12.6 Å². The molecule has 1 aromatic carbocycles. The molecule has 1 saturated heterocycles. The summed E-state index contributed by atoms with van der Waals surface area (Å²) in [5, 5.41) is 3.19. The van der Waals surface area contributed by atoms with Crippen LogP contribution >= 0.6 is 12.4 Å². The van der Waals surface area contributed by atoms with E-state index in [0.717, 1.165) is 30.1 Å². The summed E-state index contributed by atoms with van der Waals surface area (Å²) < 4.78 is 7.65. The summed E-state index contributed by atoms with van der Waals surface area (Å²) in [6.45, 7) is 3.44. The number of carbonyl (C=O) groups is 1. The molecule has 1 N–H and O–H groups in total. The normalized spacial score (nSPS) is 21.1. The second-order valence-corrected chi connectivity index (χ2v) is 5.11. The van der Waals surface area contributed by atoms with E-state index in [-0.39, 0.29) is 18.3 Å². The molecule has 6 nitrogen and oxygen atoms in total. The van der Waals surface area contributed by atoms with Crippen LogP contribution in [-0.2, 0) is 16.1 Å². The lowest BCUT2D eigenvalue weighted by Crippen LogP contribution is -2.49. The fraction of sp³-hybridized carbons (Fsp3) is 0.429. The molecule has 1 aromatic heterocycles. The number of hydrogen-bond donors (Lipinski definition) is 1. The van der Waals surface area contributed by atoms with Gasteiger partial charge in [0.1, 0.15) is 6.10 Å². The minimum Gasteiger partial charge on any atom is -0.366 e. The van der Waals surface area contributed by atoms with Crippen LogP contribution < -0.4 is 10.2 Å². The highest BCUT2D eigenvalue weighted by Gasteiger charge is 2.33. The molecule has 0 bridgehead atoms. The van der Waals surface area contributed by atoms with Gasteiger partial charge >= 0.3 is 0 Å². The average Bonchev–Trinajstić information content (AvgIpc) is 3.06. The van der Waals surface area contributed by atoms with Crippen molar-refractivity contribution in [3.63, 3.8) is 0 Å². The van der Waals surface area contributed by atoms with Crippen molar-refractivity contribution in [3.8, 4) is 0 Å². The first-order valence-electron chi connectivity index (χ1n) is 6.93. The number of halogens is 1. The molecule has 1 atom stereocenters. The van der Waals surface area contributed by atoms with E-state index in [2.05, 4.69) is 14.9 Å². The maximum atomic E-state index is 12.5. The maximum absolute atomic E-state index is 12.5. The minimum absolute atomic E-state index is 0. The van der Waals surface area contributed by atoms with Gasteiger partial charge in [-0.25, -0.2) is 4.98 Å². The van der Waals surface area contributed by atoms with Gasteiger partial charge < -0.3 is 14.6 Å². The number of para-hydroxylation sites is 2. The van der Waals surface area contributed by atoms with E-state index in [1.165, 1.54) is 0 Å². The van der Waals surface area contributed by atoms with Crippen molar-refractivity contribution in [2.75, 3.05) is 31.1 Å². The van der Waals surface area contributed by atoms with Gasteiger partial charge in [-0.2, -0.15) is 0 Å². The Hall–Kier alpha value is -1.63. The predicted octanol–water partition coefficient (Wildman–Crippen LogP) is 0.793. The molecular formula is C14H17ClN4O2. The fourth-order valence-electron chi connectivity index (χ4n) is 2.90. The molecular weight excluding hydrogens is 292 g/mol. The number of nitrogens with zero attached hydrogens (tertiary/aromatic N) is 3. The lowest BCUT2D eigenvalue weighted by molar-refractivity contribution is -0.131. The van der Waals surface area contributed by atoms with Crippen LogP contribution in [0.2, 0.25) is 0 Å². The molecule has 112 valence electrons. The van der Waals surface area contributed by atoms with Crippen LogP contribution in [0.1, 0.15) is 0 Å². The number of morpholine rings is 1. The van der Waals surface area contributed by atoms with E-state index >= 15 is 0 Å². The van der Waals surface area contributed by atoms with Gasteiger partial charge in [0, 0.05) is 26.2 Å². The van der Waals surface area contributed by atoms with Crippen LogP contribution in [-0.4, -0.2) is 47.8 Å². The molecule has 3 heterocycles. The van der Waals surface area contributed by atoms with Crippen LogP contribution in [0, 0.1) is 0 Å². The number of anilines is 1. The van der Waals surface area contributed by atoms with Gasteiger partial charge in [0.2, 0.25) is 5.95 Å². The summed E-state index contributed by atoms with van der Waals surface area (Å²) in [6.07, 6.45) is -0.393. The molecule has 0 aliphatic carbocycles. The highest BCUT2D eigenvalue weighted by molar-refractivity contribution is 5.97. The average molecular weight is 309 g/mol. The minimum atomic E-state index is -0.393. The lowest BCUT2D eigenvalue weighted by atomic mass is 10.2. The zero-order chi connectivity index (χ0) is 13.5. The summed E-state index contributed by atoms with van der Waals surface area (Å²) in [7, 11) is 0. The molecule has 7 heteroatoms. The van der Waals surface area contributed by atoms with Crippen molar-refractivity contribution < 1.29 is 9.53 Å². The number of ether oxygens (including phenoxy) is 1. The topological polar surface area (TPSA) is 59.4 Å². The largest absolute Gasteiger partial charge is 0.366 e. The highest BCUT2D eigenvalue weighted by Crippen LogP contribution is 2.27. The number of aromatic nitrogens is 2. The smallest absolute Gasteiger partial charge is 0.259 e. The first kappa shape index (κ1) is 14.3. The summed E-state index contributed by atoms with van der Waals surface area (Å²) in [4.78, 5) is 18.9. The van der Waals surface area contributed by atoms with Crippen molar-refractivity contribution in [1.29, 1.82) is 0 Å². The van der Waals surface area contributed by atoms with Gasteiger partial charge in [-0.15, -0.1) is 12.4 Å². The molecule has 4 rings (SSSR count). The molecule has 2 aliphatic rings. The van der Waals surface area contributed by atoms with Gasteiger partial charge in [-0.3, -0.25) is 9.69 Å². The van der Waals surface area contributed by atoms with Crippen LogP contribution in [0.5, 0.6) is 0 Å². The van der Waals surface area contributed by atoms with Crippen LogP contribution in [0.25, 0.3) is 11.0 Å². The maximum Gasteiger partial charge on any atom is 0.259 e. The standard InChI is InChI=1S/C14H16N4O2.ClH/c19-13(12-9-15-5-8-20-12)18-7-6-17-11-4-2-1-3-10(11)16-14(17)18;/h1-4,12,15H,5-9H2;1H. The number of amides is 1. The van der Waals surface area contributed by atoms with Gasteiger partial charge in [0.15, 0.2) is 0 Å². The molecule has 2 aromatic rings. The zero-order valence-corrected chi connectivity index (χ0v) is 12.3. The van der Waals surface area contributed by atoms with Crippen molar-refractivity contribution in [3.05, 3.63) is 24.3 Å². The van der Waals surface area contributed by atoms with Crippen LogP contribution in [0.15, 0.2) is 24.3 Å². The van der Waals surface area contributed by atoms with E-state index < -0.39 is 6.10 Å². The van der Waals surface area contributed by atoms with Gasteiger partial charge in [0.05, 0.1) is 17.6 Å². The second kappa shape index (κ2) is 5.63. The summed E-state index contributed by atoms with van der Waals surface area (Å²) in [6, 6.07) is 7.97. The summed E-state index contributed by atoms with van der Waals surface area (Å²) in [5.74, 6) is 0.747. The Kier molecular flexibility index (Phi) is 3.84. The molecule has 1 fully saturated rings. The Morgan fingerprint density at radius 3 is 3.00 bits per heavy atom. The van der Waals surface area contributed by atoms with Crippen molar-refractivity contribution >= 4 is 35.3 Å². The van der Waals surface area contributed by atoms with E-state index in [9.17, 15) is 4.79 Å². The SMILES string of the molecule is Cl.O=C(C1CNCCO1)N1CCn2c1nc1ccccc12. The van der Waals surface area contributed by atoms with E-state index in [1.807, 2.05) is 24.3 Å². The Labute approximate surface area is 128 Å². The van der Waals surface area contributed by atoms with Gasteiger partial charge in [0.25, 0.3) is 5.91 Å². The first-order valence-corrected chi connectivity index (χ1v) is 6.93. The summed E-state index contributed by atoms with van der Waals surface area (Å²) in [5.41, 5.74) is 2.02. The Morgan fingerprint density at radius 2 is 2.19 bits per heavy atom. The van der Waals surface area contributed by atoms with E-state index in [4.69, 9.17) is 4.74 Å². The molecule has 0 saturated carbocycles. The Balaban J connectivity index is 0.00000132. The number of rotatable bonds is 1. The third kappa shape index (κ3) is 2.29. The number of fused-ring (bicyclic) bond motifs is 3. The third-order valence-electron chi connectivity index (χ3n) is 3.89. The zero-order valence-electron chi connectivity index (χ0n) is 11.5. The number of imidazole rings is 1. The molecule has 1 amide bonds. The first-order chi connectivity index (χ1) is 9.84. The number of benzene rings is 1. The number of nitrogens with one attached hydrogen (secondary N) is 1. The predicted molar refractivity (Wildman–Crippen MR) is 81.9 cm³/mol. The lowest BCUT2D eigenvalue weighted by Gasteiger charge is -2.26. The van der Waals surface area contributed by atoms with Gasteiger partial charge in [-0.1, -0.05) is 12.1 Å². The van der Waals surface area contributed by atoms with E-state index in [1.54, 1.807) is 4.90 Å². The van der Waals surface area contributed by atoms with Crippen LogP contribution in [0.4, 0.5) is 5.95 Å². The monoisotopic (exact) mass is 308 g/mol. The Bertz CT molecular complexity index is 666. The quantitative estimate of drug-likeness (QED) is 0.846. The Morgan fingerprint density at radius 1 is 1.33 bits per heavy atom. The molecule has 21 heavy (non-hydrogen) atoms. The van der Waals surface area contributed by atoms with Gasteiger partial charge in [-0.05, 0) is 12.1 Å². The second-order valence-electron chi connectivity index (χ2n) is 5.11. The number of carbonyl (C=O) groups excluding carboxylic acids is 1. The molecule has 0 spiro atoms. The molecule has 1 unspecified atom stereocenters. The molecule has 0 radical (unpaired) electrons. The van der Waals surface area contributed by atoms with Crippen molar-refractivity contribution in [2.24, 2.45) is 0 Å². The highest BCUT2D eigenvalue weighted by atomic mass is 35.5. The third-order valence-corrected chi connectivity index (χ3v) is 3.89.